The first-order chi connectivity index (χ1) is 10.3. The molecule has 2 aliphatic carbocycles. The lowest BCUT2D eigenvalue weighted by Gasteiger charge is -2.21. The van der Waals surface area contributed by atoms with E-state index in [1.807, 2.05) is 0 Å². The summed E-state index contributed by atoms with van der Waals surface area (Å²) < 4.78 is 5.41. The Morgan fingerprint density at radius 3 is 2.52 bits per heavy atom. The third-order valence-electron chi connectivity index (χ3n) is 5.50. The normalized spacial score (nSPS) is 28.8. The van der Waals surface area contributed by atoms with Gasteiger partial charge in [-0.1, -0.05) is 31.9 Å². The molecule has 0 radical (unpaired) electrons. The third kappa shape index (κ3) is 2.96. The molecule has 1 aromatic rings. The van der Waals surface area contributed by atoms with Crippen molar-refractivity contribution in [3.05, 3.63) is 29.3 Å². The molecule has 0 spiro atoms. The first kappa shape index (κ1) is 14.9. The summed E-state index contributed by atoms with van der Waals surface area (Å²) in [4.78, 5) is 0. The largest absolute Gasteiger partial charge is 0.496 e. The third-order valence-corrected chi connectivity index (χ3v) is 5.50. The molecule has 3 rings (SSSR count). The van der Waals surface area contributed by atoms with E-state index in [0.717, 1.165) is 30.0 Å². The highest BCUT2D eigenvalue weighted by molar-refractivity contribution is 5.38. The lowest BCUT2D eigenvalue weighted by molar-refractivity contribution is 0.409. The Morgan fingerprint density at radius 1 is 1.24 bits per heavy atom. The molecule has 0 aliphatic heterocycles. The van der Waals surface area contributed by atoms with E-state index in [-0.39, 0.29) is 0 Å². The molecule has 3 unspecified atom stereocenters. The van der Waals surface area contributed by atoms with Crippen molar-refractivity contribution in [2.45, 2.75) is 52.0 Å². The number of hydrogen-bond acceptors (Lipinski definition) is 2. The molecule has 0 heterocycles. The average Bonchev–Trinajstić information content (AvgIpc) is 3.22. The van der Waals surface area contributed by atoms with Gasteiger partial charge in [0.25, 0.3) is 0 Å². The van der Waals surface area contributed by atoms with E-state index >= 15 is 0 Å². The molecule has 0 saturated heterocycles. The number of aryl methyl sites for hydroxylation is 1. The van der Waals surface area contributed by atoms with E-state index in [0.29, 0.717) is 6.04 Å². The molecule has 2 nitrogen and oxygen atoms in total. The lowest BCUT2D eigenvalue weighted by atomic mass is 9.97. The van der Waals surface area contributed by atoms with Crippen LogP contribution in [-0.4, -0.2) is 13.7 Å². The van der Waals surface area contributed by atoms with Crippen LogP contribution in [0.2, 0.25) is 0 Å². The van der Waals surface area contributed by atoms with Gasteiger partial charge >= 0.3 is 0 Å². The zero-order valence-corrected chi connectivity index (χ0v) is 13.7. The van der Waals surface area contributed by atoms with Crippen LogP contribution >= 0.6 is 0 Å². The number of nitrogens with one attached hydrogen (secondary N) is 1. The Bertz CT molecular complexity index is 472. The van der Waals surface area contributed by atoms with Gasteiger partial charge in [0.2, 0.25) is 0 Å². The van der Waals surface area contributed by atoms with Gasteiger partial charge in [0, 0.05) is 6.04 Å². The molecule has 2 fully saturated rings. The fourth-order valence-electron chi connectivity index (χ4n) is 4.41. The zero-order chi connectivity index (χ0) is 14.8. The maximum atomic E-state index is 5.41. The molecule has 0 aromatic heterocycles. The summed E-state index contributed by atoms with van der Waals surface area (Å²) in [7, 11) is 1.75. The van der Waals surface area contributed by atoms with Gasteiger partial charge in [-0.05, 0) is 67.7 Å². The van der Waals surface area contributed by atoms with Crippen molar-refractivity contribution >= 4 is 0 Å². The molecular formula is C19H29NO. The summed E-state index contributed by atoms with van der Waals surface area (Å²) >= 11 is 0. The summed E-state index contributed by atoms with van der Waals surface area (Å²) in [5.41, 5.74) is 2.71. The van der Waals surface area contributed by atoms with Gasteiger partial charge in [-0.2, -0.15) is 0 Å². The van der Waals surface area contributed by atoms with Crippen LogP contribution in [0.3, 0.4) is 0 Å². The highest BCUT2D eigenvalue weighted by atomic mass is 16.5. The van der Waals surface area contributed by atoms with Crippen LogP contribution in [0.4, 0.5) is 0 Å². The van der Waals surface area contributed by atoms with Gasteiger partial charge in [0.15, 0.2) is 0 Å². The molecule has 21 heavy (non-hydrogen) atoms. The van der Waals surface area contributed by atoms with E-state index < -0.39 is 0 Å². The van der Waals surface area contributed by atoms with Gasteiger partial charge in [-0.15, -0.1) is 0 Å². The first-order valence-electron chi connectivity index (χ1n) is 8.64. The maximum absolute atomic E-state index is 5.41. The van der Waals surface area contributed by atoms with E-state index in [1.165, 1.54) is 43.2 Å². The van der Waals surface area contributed by atoms with Crippen LogP contribution in [0.1, 0.15) is 56.2 Å². The lowest BCUT2D eigenvalue weighted by Crippen LogP contribution is -2.25. The van der Waals surface area contributed by atoms with E-state index in [4.69, 9.17) is 4.74 Å². The van der Waals surface area contributed by atoms with Gasteiger partial charge in [-0.25, -0.2) is 0 Å². The van der Waals surface area contributed by atoms with Crippen molar-refractivity contribution < 1.29 is 4.74 Å². The molecule has 0 bridgehead atoms. The second-order valence-corrected chi connectivity index (χ2v) is 6.85. The number of ether oxygens (including phenoxy) is 1. The highest BCUT2D eigenvalue weighted by Crippen LogP contribution is 2.60. The van der Waals surface area contributed by atoms with Crippen LogP contribution in [0, 0.1) is 24.7 Å². The standard InChI is InChI=1S/C19H29NO/c1-4-11-20-19(18-15-7-5-6-8-16(15)18)14-9-10-17(21-3)13(2)12-14/h9-10,12,15-16,18-20H,4-8,11H2,1-3H3. The van der Waals surface area contributed by atoms with Crippen LogP contribution in [0.25, 0.3) is 0 Å². The topological polar surface area (TPSA) is 21.3 Å². The predicted molar refractivity (Wildman–Crippen MR) is 87.7 cm³/mol. The van der Waals surface area contributed by atoms with Crippen molar-refractivity contribution in [3.63, 3.8) is 0 Å². The van der Waals surface area contributed by atoms with E-state index in [1.54, 1.807) is 7.11 Å². The molecule has 116 valence electrons. The Kier molecular flexibility index (Phi) is 4.54. The van der Waals surface area contributed by atoms with Crippen molar-refractivity contribution in [1.82, 2.24) is 5.32 Å². The van der Waals surface area contributed by atoms with Crippen molar-refractivity contribution in [2.24, 2.45) is 17.8 Å². The summed E-state index contributed by atoms with van der Waals surface area (Å²) in [6.07, 6.45) is 7.00. The Balaban J connectivity index is 1.80. The minimum Gasteiger partial charge on any atom is -0.496 e. The Hall–Kier alpha value is -1.02. The number of rotatable bonds is 6. The summed E-state index contributed by atoms with van der Waals surface area (Å²) in [5, 5.41) is 3.83. The minimum absolute atomic E-state index is 0.544. The first-order valence-corrected chi connectivity index (χ1v) is 8.64. The SMILES string of the molecule is CCCNC(c1ccc(OC)c(C)c1)C1C2CCCCC21. The van der Waals surface area contributed by atoms with Crippen molar-refractivity contribution in [2.75, 3.05) is 13.7 Å². The van der Waals surface area contributed by atoms with Gasteiger partial charge in [0.05, 0.1) is 7.11 Å². The maximum Gasteiger partial charge on any atom is 0.121 e. The zero-order valence-electron chi connectivity index (χ0n) is 13.7. The fraction of sp³-hybridized carbons (Fsp3) is 0.684. The summed E-state index contributed by atoms with van der Waals surface area (Å²) in [6, 6.07) is 7.28. The van der Waals surface area contributed by atoms with Gasteiger partial charge in [0.1, 0.15) is 5.75 Å². The van der Waals surface area contributed by atoms with Gasteiger partial charge < -0.3 is 10.1 Å². The molecular weight excluding hydrogens is 258 g/mol. The second kappa shape index (κ2) is 6.39. The van der Waals surface area contributed by atoms with Crippen molar-refractivity contribution in [3.8, 4) is 5.75 Å². The second-order valence-electron chi connectivity index (χ2n) is 6.85. The molecule has 2 saturated carbocycles. The van der Waals surface area contributed by atoms with Crippen LogP contribution in [0.5, 0.6) is 5.75 Å². The number of methoxy groups -OCH3 is 1. The quantitative estimate of drug-likeness (QED) is 0.833. The molecule has 0 amide bonds. The van der Waals surface area contributed by atoms with Gasteiger partial charge in [-0.3, -0.25) is 0 Å². The van der Waals surface area contributed by atoms with E-state index in [9.17, 15) is 0 Å². The number of benzene rings is 1. The Morgan fingerprint density at radius 2 is 1.95 bits per heavy atom. The Labute approximate surface area is 129 Å². The summed E-state index contributed by atoms with van der Waals surface area (Å²) in [6.45, 7) is 5.52. The van der Waals surface area contributed by atoms with E-state index in [2.05, 4.69) is 37.4 Å². The fourth-order valence-corrected chi connectivity index (χ4v) is 4.41. The van der Waals surface area contributed by atoms with Crippen molar-refractivity contribution in [1.29, 1.82) is 0 Å². The molecule has 2 heteroatoms. The number of hydrogen-bond donors (Lipinski definition) is 1. The summed E-state index contributed by atoms with van der Waals surface area (Å²) in [5.74, 6) is 3.83. The monoisotopic (exact) mass is 287 g/mol. The average molecular weight is 287 g/mol. The number of fused-ring (bicyclic) bond motifs is 1. The smallest absolute Gasteiger partial charge is 0.121 e. The predicted octanol–water partition coefficient (Wildman–Crippen LogP) is 4.48. The molecule has 1 aromatic carbocycles. The van der Waals surface area contributed by atoms with Crippen LogP contribution in [0.15, 0.2) is 18.2 Å². The molecule has 1 N–H and O–H groups in total. The van der Waals surface area contributed by atoms with Crippen LogP contribution < -0.4 is 10.1 Å². The molecule has 2 aliphatic rings. The van der Waals surface area contributed by atoms with Crippen LogP contribution in [-0.2, 0) is 0 Å². The molecule has 3 atom stereocenters. The minimum atomic E-state index is 0.544. The highest BCUT2D eigenvalue weighted by Gasteiger charge is 2.54.